The monoisotopic (exact) mass is 449 g/mol. The first kappa shape index (κ1) is 24.1. The molecule has 0 unspecified atom stereocenters. The summed E-state index contributed by atoms with van der Waals surface area (Å²) in [6, 6.07) is 10.8. The molecule has 0 bridgehead atoms. The predicted molar refractivity (Wildman–Crippen MR) is 125 cm³/mol. The van der Waals surface area contributed by atoms with Crippen molar-refractivity contribution in [3.63, 3.8) is 0 Å². The molecule has 0 fully saturated rings. The summed E-state index contributed by atoms with van der Waals surface area (Å²) in [4.78, 5) is 34.7. The van der Waals surface area contributed by atoms with Gasteiger partial charge in [-0.2, -0.15) is 5.10 Å². The number of carbonyl (C=O) groups is 2. The number of ether oxygens (including phenoxy) is 1. The van der Waals surface area contributed by atoms with Crippen LogP contribution in [0, 0.1) is 33.1 Å². The first-order valence-electron chi connectivity index (χ1n) is 10.8. The predicted octanol–water partition coefficient (Wildman–Crippen LogP) is 3.50. The molecule has 1 amide bonds. The van der Waals surface area contributed by atoms with Gasteiger partial charge in [0.2, 0.25) is 5.91 Å². The Labute approximate surface area is 194 Å². The smallest absolute Gasteiger partial charge is 0.313 e. The van der Waals surface area contributed by atoms with Gasteiger partial charge in [0.15, 0.2) is 0 Å². The van der Waals surface area contributed by atoms with Crippen molar-refractivity contribution in [2.45, 2.75) is 54.0 Å². The highest BCUT2D eigenvalue weighted by molar-refractivity contribution is 5.82. The van der Waals surface area contributed by atoms with Crippen molar-refractivity contribution >= 4 is 11.9 Å². The Kier molecular flexibility index (Phi) is 6.95. The van der Waals surface area contributed by atoms with E-state index in [1.165, 1.54) is 7.11 Å². The van der Waals surface area contributed by atoms with Gasteiger partial charge in [0, 0.05) is 22.6 Å². The largest absolute Gasteiger partial charge is 0.469 e. The molecule has 0 aliphatic carbocycles. The van der Waals surface area contributed by atoms with Crippen LogP contribution in [0.25, 0.3) is 5.95 Å². The molecule has 0 aliphatic rings. The minimum absolute atomic E-state index is 0.114. The van der Waals surface area contributed by atoms with E-state index < -0.39 is 17.4 Å². The molecule has 1 atom stereocenters. The Morgan fingerprint density at radius 2 is 1.67 bits per heavy atom. The molecule has 8 heteroatoms. The topological polar surface area (TPSA) is 99.0 Å². The third-order valence-electron chi connectivity index (χ3n) is 5.81. The fourth-order valence-corrected chi connectivity index (χ4v) is 4.01. The van der Waals surface area contributed by atoms with Crippen LogP contribution in [0.15, 0.2) is 36.4 Å². The summed E-state index contributed by atoms with van der Waals surface area (Å²) in [5.41, 5.74) is 3.89. The number of hydrogen-bond acceptors (Lipinski definition) is 6. The van der Waals surface area contributed by atoms with Gasteiger partial charge in [-0.25, -0.2) is 14.6 Å². The van der Waals surface area contributed by atoms with Crippen LogP contribution < -0.4 is 5.32 Å². The van der Waals surface area contributed by atoms with Crippen molar-refractivity contribution in [2.24, 2.45) is 5.41 Å². The highest BCUT2D eigenvalue weighted by Crippen LogP contribution is 2.34. The van der Waals surface area contributed by atoms with Crippen LogP contribution in [-0.4, -0.2) is 38.7 Å². The second-order valence-corrected chi connectivity index (χ2v) is 8.81. The zero-order valence-corrected chi connectivity index (χ0v) is 20.3. The molecule has 0 saturated carbocycles. The Morgan fingerprint density at radius 3 is 2.24 bits per heavy atom. The maximum absolute atomic E-state index is 13.2. The Bertz CT molecular complexity index is 1150. The lowest BCUT2D eigenvalue weighted by atomic mass is 9.80. The Morgan fingerprint density at radius 1 is 1.06 bits per heavy atom. The average Bonchev–Trinajstić information content (AvgIpc) is 3.05. The molecule has 1 N–H and O–H groups in total. The van der Waals surface area contributed by atoms with Gasteiger partial charge < -0.3 is 10.1 Å². The molecule has 33 heavy (non-hydrogen) atoms. The molecule has 0 saturated heterocycles. The third kappa shape index (κ3) is 5.10. The minimum atomic E-state index is -0.965. The van der Waals surface area contributed by atoms with Crippen LogP contribution >= 0.6 is 0 Å². The molecule has 8 nitrogen and oxygen atoms in total. The molecule has 0 aliphatic heterocycles. The van der Waals surface area contributed by atoms with E-state index in [1.807, 2.05) is 64.1 Å². The number of carbonyl (C=O) groups excluding carboxylic acids is 2. The van der Waals surface area contributed by atoms with Gasteiger partial charge in [-0.05, 0) is 53.2 Å². The highest BCUT2D eigenvalue weighted by Gasteiger charge is 2.40. The molecule has 2 aromatic heterocycles. The van der Waals surface area contributed by atoms with Gasteiger partial charge in [0.1, 0.15) is 0 Å². The maximum atomic E-state index is 13.2. The van der Waals surface area contributed by atoms with Crippen molar-refractivity contribution in [1.82, 2.24) is 25.1 Å². The normalized spacial score (nSPS) is 12.3. The Hall–Kier alpha value is -3.55. The zero-order valence-electron chi connectivity index (χ0n) is 20.3. The third-order valence-corrected chi connectivity index (χ3v) is 5.81. The van der Waals surface area contributed by atoms with Crippen LogP contribution in [0.1, 0.15) is 53.8 Å². The van der Waals surface area contributed by atoms with E-state index in [9.17, 15) is 9.59 Å². The number of amides is 1. The number of hydrogen-bond donors (Lipinski definition) is 1. The van der Waals surface area contributed by atoms with Gasteiger partial charge in [0.05, 0.1) is 30.7 Å². The summed E-state index contributed by atoms with van der Waals surface area (Å²) < 4.78 is 6.68. The summed E-state index contributed by atoms with van der Waals surface area (Å²) in [5, 5.41) is 7.63. The number of aromatic nitrogens is 4. The molecule has 174 valence electrons. The van der Waals surface area contributed by atoms with Crippen molar-refractivity contribution in [2.75, 3.05) is 7.11 Å². The zero-order chi connectivity index (χ0) is 24.3. The van der Waals surface area contributed by atoms with Crippen LogP contribution in [0.4, 0.5) is 0 Å². The quantitative estimate of drug-likeness (QED) is 0.555. The molecule has 0 radical (unpaired) electrons. The van der Waals surface area contributed by atoms with Gasteiger partial charge in [0.25, 0.3) is 5.95 Å². The molecular weight excluding hydrogens is 418 g/mol. The lowest BCUT2D eigenvalue weighted by Crippen LogP contribution is -2.43. The van der Waals surface area contributed by atoms with E-state index in [1.54, 1.807) is 18.5 Å². The molecule has 3 aromatic rings. The van der Waals surface area contributed by atoms with E-state index in [4.69, 9.17) is 4.74 Å². The fraction of sp³-hybridized carbons (Fsp3) is 0.400. The SMILES string of the molecule is COC(=O)C(C)(C)[C@@H](NC(=O)Cc1c(C)nn(-c2nc(C)cc(C)n2)c1C)c1ccccc1. The number of nitrogens with zero attached hydrogens (tertiary/aromatic N) is 4. The van der Waals surface area contributed by atoms with Gasteiger partial charge in [-0.15, -0.1) is 0 Å². The number of nitrogens with one attached hydrogen (secondary N) is 1. The molecular formula is C25H31N5O3. The van der Waals surface area contributed by atoms with Gasteiger partial charge >= 0.3 is 5.97 Å². The Balaban J connectivity index is 1.90. The first-order chi connectivity index (χ1) is 15.5. The van der Waals surface area contributed by atoms with E-state index in [-0.39, 0.29) is 12.3 Å². The van der Waals surface area contributed by atoms with Crippen LogP contribution in [0.5, 0.6) is 0 Å². The van der Waals surface area contributed by atoms with Crippen LogP contribution in [-0.2, 0) is 20.7 Å². The highest BCUT2D eigenvalue weighted by atomic mass is 16.5. The number of esters is 1. The van der Waals surface area contributed by atoms with Gasteiger partial charge in [-0.3, -0.25) is 9.59 Å². The van der Waals surface area contributed by atoms with Crippen molar-refractivity contribution in [3.05, 3.63) is 70.3 Å². The first-order valence-corrected chi connectivity index (χ1v) is 10.8. The number of methoxy groups -OCH3 is 1. The number of aryl methyl sites for hydroxylation is 3. The van der Waals surface area contributed by atoms with E-state index in [2.05, 4.69) is 20.4 Å². The van der Waals surface area contributed by atoms with Crippen LogP contribution in [0.3, 0.4) is 0 Å². The summed E-state index contributed by atoms with van der Waals surface area (Å²) in [6.07, 6.45) is 0.114. The molecule has 1 aromatic carbocycles. The lowest BCUT2D eigenvalue weighted by Gasteiger charge is -2.33. The minimum Gasteiger partial charge on any atom is -0.469 e. The van der Waals surface area contributed by atoms with E-state index in [0.29, 0.717) is 5.95 Å². The average molecular weight is 450 g/mol. The van der Waals surface area contributed by atoms with Crippen molar-refractivity contribution < 1.29 is 14.3 Å². The summed E-state index contributed by atoms with van der Waals surface area (Å²) in [5.74, 6) is -0.134. The van der Waals surface area contributed by atoms with E-state index in [0.717, 1.165) is 33.9 Å². The molecule has 3 rings (SSSR count). The second kappa shape index (κ2) is 9.52. The lowest BCUT2D eigenvalue weighted by molar-refractivity contribution is -0.153. The van der Waals surface area contributed by atoms with Crippen molar-refractivity contribution in [3.8, 4) is 5.95 Å². The van der Waals surface area contributed by atoms with Crippen LogP contribution in [0.2, 0.25) is 0 Å². The summed E-state index contributed by atoms with van der Waals surface area (Å²) in [6.45, 7) is 11.1. The standard InChI is InChI=1S/C25H31N5O3/c1-15-13-16(2)27-24(26-15)30-18(4)20(17(3)29-30)14-21(31)28-22(19-11-9-8-10-12-19)25(5,6)23(32)33-7/h8-13,22H,14H2,1-7H3,(H,28,31)/t22-/m0/s1. The summed E-state index contributed by atoms with van der Waals surface area (Å²) >= 11 is 0. The van der Waals surface area contributed by atoms with Gasteiger partial charge in [-0.1, -0.05) is 30.3 Å². The summed E-state index contributed by atoms with van der Waals surface area (Å²) in [7, 11) is 1.35. The number of rotatable bonds is 7. The van der Waals surface area contributed by atoms with E-state index >= 15 is 0 Å². The molecule has 2 heterocycles. The molecule has 0 spiro atoms. The number of benzene rings is 1. The second-order valence-electron chi connectivity index (χ2n) is 8.81. The van der Waals surface area contributed by atoms with Crippen molar-refractivity contribution in [1.29, 1.82) is 0 Å². The maximum Gasteiger partial charge on any atom is 0.313 e. The fourth-order valence-electron chi connectivity index (χ4n) is 4.01.